The molecule has 1 aromatic heterocycles. The lowest BCUT2D eigenvalue weighted by Gasteiger charge is -2.35. The van der Waals surface area contributed by atoms with E-state index in [-0.39, 0.29) is 0 Å². The van der Waals surface area contributed by atoms with Crippen LogP contribution in [0.2, 0.25) is 10.0 Å². The first kappa shape index (κ1) is 15.7. The van der Waals surface area contributed by atoms with Gasteiger partial charge in [0.25, 0.3) is 0 Å². The van der Waals surface area contributed by atoms with Crippen LogP contribution in [0.15, 0.2) is 6.07 Å². The summed E-state index contributed by atoms with van der Waals surface area (Å²) in [7, 11) is 0. The van der Waals surface area contributed by atoms with Gasteiger partial charge in [-0.3, -0.25) is 0 Å². The zero-order valence-electron chi connectivity index (χ0n) is 12.4. The smallest absolute Gasteiger partial charge is 0.147 e. The zero-order chi connectivity index (χ0) is 14.8. The maximum Gasteiger partial charge on any atom is 0.147 e. The molecule has 1 aromatic rings. The van der Waals surface area contributed by atoms with Gasteiger partial charge in [0.1, 0.15) is 11.6 Å². The Hall–Kier alpha value is -0.670. The third-order valence-corrected chi connectivity index (χ3v) is 4.53. The highest BCUT2D eigenvalue weighted by atomic mass is 35.5. The summed E-state index contributed by atoms with van der Waals surface area (Å²) in [6, 6.07) is 2.20. The third kappa shape index (κ3) is 3.92. The van der Waals surface area contributed by atoms with E-state index in [1.807, 2.05) is 6.92 Å². The zero-order valence-corrected chi connectivity index (χ0v) is 13.9. The second-order valence-corrected chi connectivity index (χ2v) is 7.08. The van der Waals surface area contributed by atoms with Crippen molar-refractivity contribution in [3.8, 4) is 0 Å². The predicted octanol–water partition coefficient (Wildman–Crippen LogP) is 5.20. The minimum absolute atomic E-state index is 0.448. The molecular weight excluding hydrogens is 293 g/mol. The maximum absolute atomic E-state index is 6.24. The molecule has 0 aromatic carbocycles. The Labute approximate surface area is 131 Å². The van der Waals surface area contributed by atoms with Crippen molar-refractivity contribution in [2.75, 3.05) is 17.2 Å². The Balaban J connectivity index is 2.07. The van der Waals surface area contributed by atoms with Gasteiger partial charge >= 0.3 is 0 Å². The summed E-state index contributed by atoms with van der Waals surface area (Å²) in [5.41, 5.74) is 0.463. The van der Waals surface area contributed by atoms with Gasteiger partial charge in [-0.2, -0.15) is 0 Å². The number of rotatable bonds is 4. The summed E-state index contributed by atoms with van der Waals surface area (Å²) in [4.78, 5) is 4.51. The summed E-state index contributed by atoms with van der Waals surface area (Å²) < 4.78 is 0. The molecule has 1 aliphatic rings. The Bertz CT molecular complexity index is 464. The maximum atomic E-state index is 6.24. The lowest BCUT2D eigenvalue weighted by Crippen LogP contribution is -2.30. The highest BCUT2D eigenvalue weighted by molar-refractivity contribution is 6.37. The quantitative estimate of drug-likeness (QED) is 0.801. The van der Waals surface area contributed by atoms with Crippen LogP contribution in [0.25, 0.3) is 0 Å². The van der Waals surface area contributed by atoms with Crippen LogP contribution in [0, 0.1) is 5.41 Å². The fraction of sp³-hybridized carbons (Fsp3) is 0.667. The highest BCUT2D eigenvalue weighted by Gasteiger charge is 2.27. The third-order valence-electron chi connectivity index (χ3n) is 3.95. The van der Waals surface area contributed by atoms with Crippen molar-refractivity contribution in [1.29, 1.82) is 0 Å². The van der Waals surface area contributed by atoms with Crippen molar-refractivity contribution >= 4 is 34.8 Å². The Kier molecular flexibility index (Phi) is 5.03. The van der Waals surface area contributed by atoms with Gasteiger partial charge in [0.2, 0.25) is 0 Å². The second kappa shape index (κ2) is 6.40. The van der Waals surface area contributed by atoms with Crippen molar-refractivity contribution in [1.82, 2.24) is 4.98 Å². The van der Waals surface area contributed by atoms with Crippen LogP contribution in [0.3, 0.4) is 0 Å². The molecule has 0 atom stereocenters. The van der Waals surface area contributed by atoms with Gasteiger partial charge in [0, 0.05) is 12.6 Å². The van der Waals surface area contributed by atoms with Crippen LogP contribution in [-0.2, 0) is 0 Å². The Morgan fingerprint density at radius 2 is 1.80 bits per heavy atom. The molecule has 2 N–H and O–H groups in total. The molecule has 2 rings (SSSR count). The predicted molar refractivity (Wildman–Crippen MR) is 88.1 cm³/mol. The number of hydrogen-bond acceptors (Lipinski definition) is 3. The van der Waals surface area contributed by atoms with Gasteiger partial charge in [-0.15, -0.1) is 0 Å². The van der Waals surface area contributed by atoms with Crippen molar-refractivity contribution in [2.45, 2.75) is 52.5 Å². The Morgan fingerprint density at radius 3 is 2.40 bits per heavy atom. The molecular formula is C15H23Cl2N3. The summed E-state index contributed by atoms with van der Waals surface area (Å²) in [5.74, 6) is 1.42. The number of aromatic nitrogens is 1. The van der Waals surface area contributed by atoms with Crippen LogP contribution in [0.1, 0.15) is 46.5 Å². The van der Waals surface area contributed by atoms with Crippen LogP contribution >= 0.6 is 23.2 Å². The molecule has 112 valence electrons. The van der Waals surface area contributed by atoms with E-state index in [2.05, 4.69) is 29.5 Å². The van der Waals surface area contributed by atoms with Gasteiger partial charge < -0.3 is 10.6 Å². The fourth-order valence-electron chi connectivity index (χ4n) is 2.60. The minimum atomic E-state index is 0.448. The van der Waals surface area contributed by atoms with E-state index in [1.54, 1.807) is 6.07 Å². The van der Waals surface area contributed by atoms with E-state index < -0.39 is 0 Å². The molecule has 0 unspecified atom stereocenters. The number of pyridine rings is 1. The lowest BCUT2D eigenvalue weighted by molar-refractivity contribution is 0.232. The molecule has 20 heavy (non-hydrogen) atoms. The molecule has 0 aliphatic heterocycles. The number of halogens is 2. The van der Waals surface area contributed by atoms with Crippen LogP contribution in [-0.4, -0.2) is 17.6 Å². The average Bonchev–Trinajstić information content (AvgIpc) is 2.37. The van der Waals surface area contributed by atoms with Crippen molar-refractivity contribution in [3.63, 3.8) is 0 Å². The number of hydrogen-bond donors (Lipinski definition) is 2. The summed E-state index contributed by atoms with van der Waals surface area (Å²) in [6.45, 7) is 7.47. The first-order valence-corrected chi connectivity index (χ1v) is 8.03. The number of nitrogens with zero attached hydrogens (tertiary/aromatic N) is 1. The first-order valence-electron chi connectivity index (χ1n) is 7.28. The number of nitrogens with one attached hydrogen (secondary N) is 2. The van der Waals surface area contributed by atoms with E-state index in [9.17, 15) is 0 Å². The fourth-order valence-corrected chi connectivity index (χ4v) is 3.08. The summed E-state index contributed by atoms with van der Waals surface area (Å²) in [6.07, 6.45) is 4.78. The average molecular weight is 316 g/mol. The van der Waals surface area contributed by atoms with Crippen molar-refractivity contribution < 1.29 is 0 Å². The molecule has 0 amide bonds. The summed E-state index contributed by atoms with van der Waals surface area (Å²) >= 11 is 12.4. The van der Waals surface area contributed by atoms with E-state index in [4.69, 9.17) is 23.2 Å². The molecule has 0 bridgehead atoms. The molecule has 0 radical (unpaired) electrons. The van der Waals surface area contributed by atoms with E-state index in [0.717, 1.165) is 25.2 Å². The minimum Gasteiger partial charge on any atom is -0.369 e. The summed E-state index contributed by atoms with van der Waals surface area (Å²) in [5, 5.41) is 7.77. The van der Waals surface area contributed by atoms with E-state index in [0.29, 0.717) is 27.3 Å². The van der Waals surface area contributed by atoms with Crippen molar-refractivity contribution in [2.24, 2.45) is 5.41 Å². The first-order chi connectivity index (χ1) is 9.41. The van der Waals surface area contributed by atoms with E-state index in [1.165, 1.54) is 12.8 Å². The molecule has 1 saturated carbocycles. The number of anilines is 2. The lowest BCUT2D eigenvalue weighted by atomic mass is 9.75. The Morgan fingerprint density at radius 1 is 1.20 bits per heavy atom. The van der Waals surface area contributed by atoms with Gasteiger partial charge in [-0.1, -0.05) is 37.0 Å². The van der Waals surface area contributed by atoms with Crippen molar-refractivity contribution in [3.05, 3.63) is 16.1 Å². The van der Waals surface area contributed by atoms with Crippen LogP contribution in [0.4, 0.5) is 11.6 Å². The van der Waals surface area contributed by atoms with Gasteiger partial charge in [0.05, 0.1) is 10.0 Å². The molecule has 0 saturated heterocycles. The van der Waals surface area contributed by atoms with Crippen LogP contribution < -0.4 is 10.6 Å². The molecule has 5 heteroatoms. The van der Waals surface area contributed by atoms with Gasteiger partial charge in [-0.05, 0) is 44.1 Å². The molecule has 0 spiro atoms. The second-order valence-electron chi connectivity index (χ2n) is 6.26. The highest BCUT2D eigenvalue weighted by Crippen LogP contribution is 2.37. The molecule has 1 fully saturated rings. The molecule has 1 aliphatic carbocycles. The topological polar surface area (TPSA) is 37.0 Å². The van der Waals surface area contributed by atoms with Gasteiger partial charge in [0.15, 0.2) is 0 Å². The molecule has 3 nitrogen and oxygen atoms in total. The SMILES string of the molecule is CCNc1nc(NC2CCC(C)(C)CC2)c(Cl)cc1Cl. The normalized spacial score (nSPS) is 18.9. The van der Waals surface area contributed by atoms with E-state index >= 15 is 0 Å². The van der Waals surface area contributed by atoms with Crippen LogP contribution in [0.5, 0.6) is 0 Å². The standard InChI is InChI=1S/C15H23Cl2N3/c1-4-18-13-11(16)9-12(17)14(20-13)19-10-5-7-15(2,3)8-6-10/h9-10H,4-8H2,1-3H3,(H2,18,19,20). The largest absolute Gasteiger partial charge is 0.369 e. The molecule has 1 heterocycles. The monoisotopic (exact) mass is 315 g/mol. The van der Waals surface area contributed by atoms with Gasteiger partial charge in [-0.25, -0.2) is 4.98 Å².